The van der Waals surface area contributed by atoms with Gasteiger partial charge in [-0.3, -0.25) is 91.8 Å². The van der Waals surface area contributed by atoms with Crippen molar-refractivity contribution in [1.29, 1.82) is 0 Å². The van der Waals surface area contributed by atoms with E-state index in [0.717, 1.165) is 51.3 Å². The number of ether oxygens (including phenoxy) is 2. The molecule has 42 nitrogen and oxygen atoms in total. The summed E-state index contributed by atoms with van der Waals surface area (Å²) in [5.41, 5.74) is 23.6. The fourth-order valence-corrected chi connectivity index (χ4v) is 18.1. The van der Waals surface area contributed by atoms with E-state index in [1.807, 2.05) is 19.1 Å². The molecule has 13 atom stereocenters. The number of carboxylic acid groups (broad SMARTS) is 1. The van der Waals surface area contributed by atoms with Crippen LogP contribution in [0.15, 0.2) is 116 Å². The SMILES string of the molecule is CC(=O)NCCCC[C@@H]1NC(O)[C@H](Cc2c[nH]c3c(C)cccc23)NC(=O)[C@H]([C@@H](C)O)NC(=O)[C@H](CC(N)=O)NC(=O)[C@@H](NC(C)=O)C(C)(C)SSC(C)(C)[C@@H](C(=O)N[C@@H](Cc2ccc(OCCN)cc2)C(=O)N[C@@H](Cc2ccc3ccccc3c2)C(=O)NC2(C(=O)N[C@@H](CCC(=O)O)C(=O)N[C@@H](CC(N)=O)C(=O)N[C@@H](Cc3cccnc3)C(=O)N(C)CC(N)=O)CCOCC2)NC1=O. The molecule has 6 aromatic rings. The summed E-state index contributed by atoms with van der Waals surface area (Å²) in [6.07, 6.45) is -4.22. The van der Waals surface area contributed by atoms with Crippen molar-refractivity contribution in [3.63, 3.8) is 0 Å². The highest BCUT2D eigenvalue weighted by Crippen LogP contribution is 2.47. The van der Waals surface area contributed by atoms with Gasteiger partial charge in [0.2, 0.25) is 94.5 Å². The number of aliphatic hydroxyl groups excluding tert-OH is 2. The Morgan fingerprint density at radius 1 is 0.657 bits per heavy atom. The number of carboxylic acids is 1. The van der Waals surface area contributed by atoms with Gasteiger partial charge in [-0.2, -0.15) is 0 Å². The number of aromatic amines is 1. The lowest BCUT2D eigenvalue weighted by Gasteiger charge is -2.39. The van der Waals surface area contributed by atoms with E-state index < -0.39 is 227 Å². The van der Waals surface area contributed by atoms with Gasteiger partial charge in [0.1, 0.15) is 78.5 Å². The van der Waals surface area contributed by atoms with Gasteiger partial charge in [-0.05, 0) is 130 Å². The molecule has 2 aromatic heterocycles. The molecule has 16 amide bonds. The van der Waals surface area contributed by atoms with Gasteiger partial charge in [0.05, 0.1) is 37.6 Å². The number of nitrogens with zero attached hydrogens (tertiary/aromatic N) is 2. The third-order valence-electron chi connectivity index (χ3n) is 22.5. The number of para-hydroxylation sites is 1. The molecule has 134 heavy (non-hydrogen) atoms. The monoisotopic (exact) mass is 1900 g/mol. The van der Waals surface area contributed by atoms with Crippen molar-refractivity contribution in [3.05, 3.63) is 143 Å². The van der Waals surface area contributed by atoms with Crippen molar-refractivity contribution in [3.8, 4) is 5.75 Å². The summed E-state index contributed by atoms with van der Waals surface area (Å²) < 4.78 is 8.30. The zero-order valence-corrected chi connectivity index (χ0v) is 77.7. The number of hydrogen-bond donors (Lipinski definition) is 21. The standard InChI is InChI=1S/C90H122N20O22S2/c1-48-16-14-20-59-57(46-97-72(48)59)42-64-79(122)99-60(21-12-13-34-96-50(3)112)77(120)108-75(89(7,8)134-133-88(5,6)74(98-51(4)113)84(127)104-66(44-69(93)115)81(124)107-73(49(2)111)83(126)102-64)85(128)103-62(39-52-23-26-58(27-24-52)132-37-32-91)78(121)100-63(40-53-22-25-55-18-10-11-19-56(55)38-53)82(125)109-90(30-35-131-36-31-90)87(130)106-61(28-29-71(117)118)76(119)101-65(43-68(92)114)80(123)105-67(41-54-17-15-33-95-45-54)86(129)110(9)47-70(94)116/h10-11,14-20,22-27,33,38,45-46,49,60-67,73-75,79,97,99,111,122H,12-13,21,28-32,34-37,39-44,47,91H2,1-9H3,(H2,92,114)(H2,93,115)(H2,94,116)(H,96,112)(H,98,113)(H,100,121)(H,101,119)(H,102,126)(H,103,128)(H,104,127)(H,105,123)(H,106,130)(H,107,124)(H,108,120)(H,109,125)(H,117,118)/t49-,60+,61+,62+,63+,64+,65+,66+,67+,73+,74-,75-,79?/m1/s1. The van der Waals surface area contributed by atoms with Crippen molar-refractivity contribution < 1.29 is 106 Å². The van der Waals surface area contributed by atoms with Crippen LogP contribution < -0.4 is 96.8 Å². The average Bonchev–Trinajstić information content (AvgIpc) is 1.79. The molecular weight excluding hydrogens is 1780 g/mol. The number of nitrogens with two attached hydrogens (primary N) is 4. The number of hydrogen-bond acceptors (Lipinski definition) is 26. The molecular formula is C90H122N20O22S2. The fourth-order valence-electron chi connectivity index (χ4n) is 15.3. The average molecular weight is 1900 g/mol. The Balaban J connectivity index is 1.22. The predicted octanol–water partition coefficient (Wildman–Crippen LogP) is -2.36. The van der Waals surface area contributed by atoms with Gasteiger partial charge < -0.3 is 121 Å². The first-order valence-corrected chi connectivity index (χ1v) is 45.8. The molecule has 4 aromatic carbocycles. The normalized spacial score (nSPS) is 20.1. The highest BCUT2D eigenvalue weighted by atomic mass is 33.1. The van der Waals surface area contributed by atoms with E-state index in [0.29, 0.717) is 44.3 Å². The molecule has 0 spiro atoms. The number of aliphatic carboxylic acids is 1. The van der Waals surface area contributed by atoms with E-state index in [4.69, 9.17) is 32.4 Å². The van der Waals surface area contributed by atoms with E-state index in [2.05, 4.69) is 79.1 Å². The summed E-state index contributed by atoms with van der Waals surface area (Å²) >= 11 is 0. The maximum Gasteiger partial charge on any atom is 0.303 e. The van der Waals surface area contributed by atoms with Gasteiger partial charge in [-0.25, -0.2) is 0 Å². The molecule has 0 radical (unpaired) electrons. The first-order valence-electron chi connectivity index (χ1n) is 43.7. The van der Waals surface area contributed by atoms with E-state index >= 15 is 24.0 Å². The number of amides is 16. The van der Waals surface area contributed by atoms with E-state index in [1.165, 1.54) is 54.1 Å². The molecule has 1 unspecified atom stereocenters. The lowest BCUT2D eigenvalue weighted by molar-refractivity contribution is -0.142. The Kier molecular flexibility index (Phi) is 39.5. The summed E-state index contributed by atoms with van der Waals surface area (Å²) in [6.45, 7) is 10.8. The van der Waals surface area contributed by atoms with Crippen LogP contribution in [0.2, 0.25) is 0 Å². The number of aromatic nitrogens is 2. The molecule has 44 heteroatoms. The topological polar surface area (TPSA) is 662 Å². The van der Waals surface area contributed by atoms with Crippen molar-refractivity contribution >= 4 is 144 Å². The molecule has 25 N–H and O–H groups in total. The van der Waals surface area contributed by atoms with Crippen LogP contribution in [0.1, 0.15) is 134 Å². The number of fused-ring (bicyclic) bond motifs is 2. The minimum absolute atomic E-state index is 0.102. The van der Waals surface area contributed by atoms with E-state index in [-0.39, 0.29) is 90.2 Å². The number of primary amides is 3. The molecule has 0 bridgehead atoms. The number of likely N-dealkylation sites (N-methyl/N-ethyl adjacent to an activating group) is 1. The molecule has 8 rings (SSSR count). The van der Waals surface area contributed by atoms with Crippen molar-refractivity contribution in [2.24, 2.45) is 22.9 Å². The zero-order chi connectivity index (χ0) is 98.5. The minimum Gasteiger partial charge on any atom is -0.492 e. The lowest BCUT2D eigenvalue weighted by atomic mass is 9.87. The molecule has 2 aliphatic rings. The van der Waals surface area contributed by atoms with Crippen LogP contribution in [0.25, 0.3) is 21.7 Å². The number of aryl methyl sites for hydroxylation is 1. The molecule has 2 fully saturated rings. The Morgan fingerprint density at radius 2 is 1.29 bits per heavy atom. The van der Waals surface area contributed by atoms with Crippen LogP contribution in [-0.2, 0) is 112 Å². The Labute approximate surface area is 781 Å². The summed E-state index contributed by atoms with van der Waals surface area (Å²) in [4.78, 5) is 251. The summed E-state index contributed by atoms with van der Waals surface area (Å²) in [7, 11) is 3.04. The lowest BCUT2D eigenvalue weighted by Crippen LogP contribution is -2.67. The summed E-state index contributed by atoms with van der Waals surface area (Å²) in [5, 5.41) is 71.0. The van der Waals surface area contributed by atoms with Crippen molar-refractivity contribution in [2.75, 3.05) is 46.5 Å². The quantitative estimate of drug-likeness (QED) is 0.0141. The van der Waals surface area contributed by atoms with Crippen LogP contribution in [0.4, 0.5) is 0 Å². The number of rotatable bonds is 40. The van der Waals surface area contributed by atoms with Crippen molar-refractivity contribution in [1.82, 2.24) is 84.0 Å². The van der Waals surface area contributed by atoms with E-state index in [1.54, 1.807) is 91.1 Å². The zero-order valence-electron chi connectivity index (χ0n) is 76.0. The van der Waals surface area contributed by atoms with Gasteiger partial charge in [0.15, 0.2) is 0 Å². The number of H-pyrrole nitrogens is 1. The number of carbonyl (C=O) groups is 17. The van der Waals surface area contributed by atoms with Gasteiger partial charge in [0.25, 0.3) is 0 Å². The number of carbonyl (C=O) groups excluding carboxylic acids is 16. The molecule has 726 valence electrons. The number of unbranched alkanes of at least 4 members (excludes halogenated alkanes) is 1. The Morgan fingerprint density at radius 3 is 1.93 bits per heavy atom. The molecule has 0 aliphatic carbocycles. The predicted molar refractivity (Wildman–Crippen MR) is 495 cm³/mol. The fraction of sp³-hybridized carbons (Fsp3) is 0.489. The van der Waals surface area contributed by atoms with E-state index in [9.17, 15) is 72.9 Å². The van der Waals surface area contributed by atoms with Crippen LogP contribution in [0.3, 0.4) is 0 Å². The molecule has 0 saturated carbocycles. The van der Waals surface area contributed by atoms with Gasteiger partial charge >= 0.3 is 5.97 Å². The first kappa shape index (κ1) is 106. The smallest absolute Gasteiger partial charge is 0.303 e. The van der Waals surface area contributed by atoms with Crippen LogP contribution >= 0.6 is 21.6 Å². The maximum absolute atomic E-state index is 16.4. The second-order valence-corrected chi connectivity index (χ2v) is 37.8. The van der Waals surface area contributed by atoms with Crippen molar-refractivity contribution in [2.45, 2.75) is 233 Å². The highest BCUT2D eigenvalue weighted by molar-refractivity contribution is 8.77. The molecule has 4 heterocycles. The molecule has 2 saturated heterocycles. The van der Waals surface area contributed by atoms with Crippen LogP contribution in [0, 0.1) is 6.92 Å². The van der Waals surface area contributed by atoms with Gasteiger partial charge in [-0.15, -0.1) is 0 Å². The maximum atomic E-state index is 16.4. The second kappa shape index (κ2) is 49.7. The Bertz CT molecular complexity index is 5210. The second-order valence-electron chi connectivity index (χ2n) is 34.3. The Hall–Kier alpha value is -12.9. The summed E-state index contributed by atoms with van der Waals surface area (Å²) in [5.74, 6) is -17.3. The minimum atomic E-state index is -2.10. The van der Waals surface area contributed by atoms with Gasteiger partial charge in [-0.1, -0.05) is 100 Å². The summed E-state index contributed by atoms with van der Waals surface area (Å²) in [6, 6.07) is 8.09. The number of benzene rings is 4. The third-order valence-corrected chi connectivity index (χ3v) is 26.8. The third kappa shape index (κ3) is 31.7. The number of nitrogens with one attached hydrogen (secondary N) is 14. The highest BCUT2D eigenvalue weighted by Gasteiger charge is 2.49. The van der Waals surface area contributed by atoms with Crippen LogP contribution in [-0.4, -0.2) is 271 Å². The largest absolute Gasteiger partial charge is 0.492 e. The number of aliphatic hydroxyl groups is 2. The first-order chi connectivity index (χ1) is 63.4. The van der Waals surface area contributed by atoms with Gasteiger partial charge in [0, 0.05) is 125 Å². The molecule has 2 aliphatic heterocycles. The number of pyridine rings is 1. The van der Waals surface area contributed by atoms with Crippen LogP contribution in [0.5, 0.6) is 5.75 Å².